The number of sulfonamides is 1. The summed E-state index contributed by atoms with van der Waals surface area (Å²) in [6, 6.07) is 10.0. The van der Waals surface area contributed by atoms with Gasteiger partial charge in [-0.3, -0.25) is 14.5 Å². The maximum absolute atomic E-state index is 13.1. The zero-order valence-electron chi connectivity index (χ0n) is 17.5. The molecule has 12 heteroatoms. The van der Waals surface area contributed by atoms with Crippen molar-refractivity contribution in [2.75, 3.05) is 22.4 Å². The van der Waals surface area contributed by atoms with Gasteiger partial charge >= 0.3 is 6.18 Å². The molecule has 0 bridgehead atoms. The number of anilines is 2. The Kier molecular flexibility index (Phi) is 6.06. The number of alkyl halides is 3. The fourth-order valence-electron chi connectivity index (χ4n) is 3.66. The van der Waals surface area contributed by atoms with Crippen molar-refractivity contribution in [1.82, 2.24) is 4.98 Å². The maximum Gasteiger partial charge on any atom is 0.417 e. The van der Waals surface area contributed by atoms with E-state index in [4.69, 9.17) is 0 Å². The molecule has 1 aliphatic rings. The normalized spacial score (nSPS) is 14.1. The third-order valence-electron chi connectivity index (χ3n) is 5.21. The quantitative estimate of drug-likeness (QED) is 0.450. The number of aromatic hydroxyl groups is 1. The van der Waals surface area contributed by atoms with Gasteiger partial charge in [-0.25, -0.2) is 8.42 Å². The Balaban J connectivity index is 1.64. The number of carbonyl (C=O) groups excluding carboxylic acids is 1. The molecule has 0 saturated carbocycles. The van der Waals surface area contributed by atoms with E-state index in [9.17, 15) is 31.5 Å². The van der Waals surface area contributed by atoms with Crippen molar-refractivity contribution >= 4 is 43.2 Å². The van der Waals surface area contributed by atoms with Gasteiger partial charge in [0, 0.05) is 34.0 Å². The third-order valence-corrected chi connectivity index (χ3v) is 6.41. The highest BCUT2D eigenvalue weighted by Crippen LogP contribution is 2.36. The lowest BCUT2D eigenvalue weighted by Crippen LogP contribution is -2.37. The van der Waals surface area contributed by atoms with Crippen molar-refractivity contribution in [1.29, 1.82) is 0 Å². The summed E-state index contributed by atoms with van der Waals surface area (Å²) in [5.74, 6) is -0.610. The van der Waals surface area contributed by atoms with Gasteiger partial charge in [-0.1, -0.05) is 6.07 Å². The number of carbonyl (C=O) groups is 1. The maximum atomic E-state index is 13.1. The molecule has 2 aromatic carbocycles. The Hall–Kier alpha value is -3.12. The lowest BCUT2D eigenvalue weighted by atomic mass is 9.95. The molecule has 0 saturated heterocycles. The topological polar surface area (TPSA) is 99.6 Å². The number of phenolic OH excluding ortho intramolecular Hbond substituents is 1. The average molecular weight is 556 g/mol. The number of hydrogen-bond donors (Lipinski definition) is 2. The minimum Gasteiger partial charge on any atom is -0.506 e. The molecule has 0 unspecified atom stereocenters. The Labute approximate surface area is 201 Å². The van der Waals surface area contributed by atoms with E-state index in [2.05, 4.69) is 25.6 Å². The molecule has 0 spiro atoms. The van der Waals surface area contributed by atoms with Gasteiger partial charge in [0.15, 0.2) is 0 Å². The molecular weight excluding hydrogens is 539 g/mol. The molecule has 1 amide bonds. The second-order valence-corrected chi connectivity index (χ2v) is 10.3. The molecular formula is C22H17BrF3N3O4S. The molecule has 0 aliphatic carbocycles. The Morgan fingerprint density at radius 2 is 1.88 bits per heavy atom. The largest absolute Gasteiger partial charge is 0.506 e. The molecule has 0 atom stereocenters. The first kappa shape index (κ1) is 24.0. The summed E-state index contributed by atoms with van der Waals surface area (Å²) >= 11 is 3.15. The van der Waals surface area contributed by atoms with E-state index in [0.717, 1.165) is 18.5 Å². The molecule has 4 rings (SSSR count). The predicted octanol–water partition coefficient (Wildman–Crippen LogP) is 4.81. The van der Waals surface area contributed by atoms with Gasteiger partial charge in [-0.05, 0) is 64.3 Å². The van der Waals surface area contributed by atoms with E-state index in [1.54, 1.807) is 18.2 Å². The first-order valence-electron chi connectivity index (χ1n) is 9.82. The molecule has 34 heavy (non-hydrogen) atoms. The molecule has 178 valence electrons. The van der Waals surface area contributed by atoms with E-state index in [-0.39, 0.29) is 28.4 Å². The number of hydrogen-bond acceptors (Lipinski definition) is 5. The Bertz CT molecular complexity index is 1410. The molecule has 3 aromatic rings. The number of nitrogens with zero attached hydrogens (tertiary/aromatic N) is 2. The van der Waals surface area contributed by atoms with Crippen LogP contribution in [-0.2, 0) is 22.6 Å². The van der Waals surface area contributed by atoms with Crippen LogP contribution in [0, 0.1) is 0 Å². The van der Waals surface area contributed by atoms with Crippen LogP contribution in [0.3, 0.4) is 0 Å². The van der Waals surface area contributed by atoms with Crippen LogP contribution in [0.25, 0.3) is 11.3 Å². The minimum absolute atomic E-state index is 0.0489. The van der Waals surface area contributed by atoms with E-state index in [0.29, 0.717) is 34.5 Å². The number of pyridine rings is 1. The van der Waals surface area contributed by atoms with Crippen molar-refractivity contribution in [2.45, 2.75) is 12.6 Å². The summed E-state index contributed by atoms with van der Waals surface area (Å²) in [7, 11) is -3.64. The van der Waals surface area contributed by atoms with Crippen LogP contribution in [0.2, 0.25) is 0 Å². The smallest absolute Gasteiger partial charge is 0.417 e. The van der Waals surface area contributed by atoms with E-state index >= 15 is 0 Å². The van der Waals surface area contributed by atoms with Crippen LogP contribution in [0.15, 0.2) is 53.1 Å². The number of aromatic nitrogens is 1. The van der Waals surface area contributed by atoms with Gasteiger partial charge in [-0.15, -0.1) is 0 Å². The number of rotatable bonds is 4. The minimum atomic E-state index is -4.51. The summed E-state index contributed by atoms with van der Waals surface area (Å²) in [5.41, 5.74) is 1.48. The fraction of sp³-hybridized carbons (Fsp3) is 0.182. The van der Waals surface area contributed by atoms with E-state index in [1.165, 1.54) is 23.1 Å². The number of benzene rings is 2. The molecule has 0 radical (unpaired) electrons. The number of nitrogens with one attached hydrogen (secondary N) is 1. The van der Waals surface area contributed by atoms with Crippen LogP contribution in [0.1, 0.15) is 21.5 Å². The predicted molar refractivity (Wildman–Crippen MR) is 124 cm³/mol. The molecule has 1 aliphatic heterocycles. The van der Waals surface area contributed by atoms with Crippen molar-refractivity contribution in [2.24, 2.45) is 0 Å². The van der Waals surface area contributed by atoms with Gasteiger partial charge in [-0.2, -0.15) is 13.2 Å². The SMILES string of the molecule is CS(=O)(=O)Nc1cc(N2CCc3cc(-c4ncc(C(F)(F)F)cc4Br)ccc3C2=O)ccc1O. The van der Waals surface area contributed by atoms with Gasteiger partial charge in [0.1, 0.15) is 5.75 Å². The van der Waals surface area contributed by atoms with Crippen LogP contribution < -0.4 is 9.62 Å². The summed E-state index contributed by atoms with van der Waals surface area (Å²) in [6.07, 6.45) is -2.35. The standard InChI is InChI=1S/C22H17BrF3N3O4S/c1-34(32,33)28-18-10-15(3-5-19(18)30)29-7-6-12-8-13(2-4-16(12)21(29)31)20-17(23)9-14(11-27-20)22(24,25)26/h2-5,8-11,28,30H,6-7H2,1H3. The number of phenols is 1. The molecule has 7 nitrogen and oxygen atoms in total. The molecule has 2 N–H and O–H groups in total. The second-order valence-electron chi connectivity index (χ2n) is 7.71. The average Bonchev–Trinajstić information content (AvgIpc) is 2.74. The van der Waals surface area contributed by atoms with Crippen LogP contribution in [-0.4, -0.2) is 37.2 Å². The summed E-state index contributed by atoms with van der Waals surface area (Å²) in [5, 5.41) is 9.94. The third kappa shape index (κ3) is 4.87. The van der Waals surface area contributed by atoms with Crippen molar-refractivity contribution in [3.05, 3.63) is 69.8 Å². The lowest BCUT2D eigenvalue weighted by Gasteiger charge is -2.29. The van der Waals surface area contributed by atoms with Crippen LogP contribution in [0.4, 0.5) is 24.5 Å². The van der Waals surface area contributed by atoms with Crippen molar-refractivity contribution < 1.29 is 31.5 Å². The summed E-state index contributed by atoms with van der Waals surface area (Å²) < 4.78 is 64.2. The zero-order valence-corrected chi connectivity index (χ0v) is 19.9. The molecule has 1 aromatic heterocycles. The van der Waals surface area contributed by atoms with E-state index < -0.39 is 21.8 Å². The highest BCUT2D eigenvalue weighted by atomic mass is 79.9. The molecule has 2 heterocycles. The highest BCUT2D eigenvalue weighted by molar-refractivity contribution is 9.10. The fourth-order valence-corrected chi connectivity index (χ4v) is 4.80. The zero-order chi connectivity index (χ0) is 24.8. The van der Waals surface area contributed by atoms with Gasteiger partial charge in [0.2, 0.25) is 10.0 Å². The second kappa shape index (κ2) is 8.58. The summed E-state index contributed by atoms with van der Waals surface area (Å²) in [4.78, 5) is 18.6. The first-order chi connectivity index (χ1) is 15.8. The van der Waals surface area contributed by atoms with Gasteiger partial charge in [0.25, 0.3) is 5.91 Å². The first-order valence-corrected chi connectivity index (χ1v) is 12.5. The number of amides is 1. The van der Waals surface area contributed by atoms with Gasteiger partial charge in [0.05, 0.1) is 23.2 Å². The lowest BCUT2D eigenvalue weighted by molar-refractivity contribution is -0.137. The van der Waals surface area contributed by atoms with Crippen LogP contribution >= 0.6 is 15.9 Å². The van der Waals surface area contributed by atoms with Crippen molar-refractivity contribution in [3.63, 3.8) is 0 Å². The Morgan fingerprint density at radius 3 is 2.53 bits per heavy atom. The number of halogens is 4. The number of fused-ring (bicyclic) bond motifs is 1. The Morgan fingerprint density at radius 1 is 1.15 bits per heavy atom. The highest BCUT2D eigenvalue weighted by Gasteiger charge is 2.32. The van der Waals surface area contributed by atoms with Crippen molar-refractivity contribution in [3.8, 4) is 17.0 Å². The summed E-state index contributed by atoms with van der Waals surface area (Å²) in [6.45, 7) is 0.278. The molecule has 0 fully saturated rings. The van der Waals surface area contributed by atoms with Gasteiger partial charge < -0.3 is 10.0 Å². The van der Waals surface area contributed by atoms with E-state index in [1.807, 2.05) is 0 Å². The monoisotopic (exact) mass is 555 g/mol. The van der Waals surface area contributed by atoms with Crippen LogP contribution in [0.5, 0.6) is 5.75 Å².